The van der Waals surface area contributed by atoms with Gasteiger partial charge in [0, 0.05) is 66.8 Å². The summed E-state index contributed by atoms with van der Waals surface area (Å²) in [7, 11) is 0. The van der Waals surface area contributed by atoms with Gasteiger partial charge in [-0.2, -0.15) is 0 Å². The molecule has 3 aliphatic rings. The highest BCUT2D eigenvalue weighted by atomic mass is 16.3. The number of hydrogen-bond donors (Lipinski definition) is 0. The first-order valence-corrected chi connectivity index (χ1v) is 31.2. The Hall–Kier alpha value is -9.00. The normalized spacial score (nSPS) is 14.3. The Bertz CT molecular complexity index is 4690. The van der Waals surface area contributed by atoms with Gasteiger partial charge in [-0.25, -0.2) is 0 Å². The van der Waals surface area contributed by atoms with Crippen LogP contribution in [0.1, 0.15) is 130 Å². The zero-order chi connectivity index (χ0) is 60.4. The first-order valence-electron chi connectivity index (χ1n) is 31.2. The van der Waals surface area contributed by atoms with E-state index in [1.165, 1.54) is 66.8 Å². The third kappa shape index (κ3) is 8.63. The number of hydrogen-bond acceptors (Lipinski definition) is 5. The van der Waals surface area contributed by atoms with Crippen LogP contribution in [0.15, 0.2) is 215 Å². The number of rotatable bonds is 6. The molecule has 0 spiro atoms. The number of para-hydroxylation sites is 1. The second-order valence-corrected chi connectivity index (χ2v) is 29.5. The average Bonchev–Trinajstić information content (AvgIpc) is 1.67. The summed E-state index contributed by atoms with van der Waals surface area (Å²) >= 11 is 0. The lowest BCUT2D eigenvalue weighted by atomic mass is 9.43. The summed E-state index contributed by atoms with van der Waals surface area (Å²) in [6.45, 7) is 32.1. The first-order chi connectivity index (χ1) is 41.4. The summed E-state index contributed by atoms with van der Waals surface area (Å²) in [5.41, 5.74) is 28.4. The van der Waals surface area contributed by atoms with Crippen LogP contribution in [0.2, 0.25) is 0 Å². The van der Waals surface area contributed by atoms with Crippen LogP contribution in [0.5, 0.6) is 0 Å². The van der Waals surface area contributed by atoms with E-state index in [0.717, 1.165) is 89.3 Å². The molecule has 0 saturated heterocycles. The van der Waals surface area contributed by atoms with E-state index in [1.54, 1.807) is 0 Å². The average molecular weight is 1130 g/mol. The van der Waals surface area contributed by atoms with Gasteiger partial charge in [0.05, 0.1) is 17.6 Å². The molecular weight excluding hydrogens is 1060 g/mol. The lowest BCUT2D eigenvalue weighted by molar-refractivity contribution is 0.590. The maximum atomic E-state index is 7.39. The van der Waals surface area contributed by atoms with Crippen molar-refractivity contribution in [2.75, 3.05) is 14.6 Å². The number of nitrogens with zero attached hydrogens (tertiary/aromatic N) is 3. The second-order valence-electron chi connectivity index (χ2n) is 29.5. The van der Waals surface area contributed by atoms with Crippen molar-refractivity contribution < 1.29 is 8.83 Å². The lowest BCUT2D eigenvalue weighted by Gasteiger charge is -2.46. The van der Waals surface area contributed by atoms with Crippen molar-refractivity contribution in [3.63, 3.8) is 0 Å². The molecule has 12 aromatic rings. The van der Waals surface area contributed by atoms with E-state index >= 15 is 0 Å². The Morgan fingerprint density at radius 2 is 1.01 bits per heavy atom. The summed E-state index contributed by atoms with van der Waals surface area (Å²) in [6.07, 6.45) is 1.84. The van der Waals surface area contributed by atoms with Crippen molar-refractivity contribution in [3.8, 4) is 33.4 Å². The molecule has 0 N–H and O–H groups in total. The molecule has 87 heavy (non-hydrogen) atoms. The van der Waals surface area contributed by atoms with Gasteiger partial charge < -0.3 is 23.4 Å². The van der Waals surface area contributed by atoms with Crippen LogP contribution in [0, 0.1) is 0 Å². The van der Waals surface area contributed by atoms with Gasteiger partial charge in [0.2, 0.25) is 0 Å². The summed E-state index contributed by atoms with van der Waals surface area (Å²) in [4.78, 5) is 7.66. The fourth-order valence-electron chi connectivity index (χ4n) is 14.4. The maximum Gasteiger partial charge on any atom is 0.333 e. The van der Waals surface area contributed by atoms with E-state index in [2.05, 4.69) is 312 Å². The van der Waals surface area contributed by atoms with Gasteiger partial charge in [-0.3, -0.25) is 0 Å². The minimum atomic E-state index is -0.335. The fourth-order valence-corrected chi connectivity index (χ4v) is 14.4. The predicted octanol–water partition coefficient (Wildman–Crippen LogP) is 21.7. The molecule has 6 heteroatoms. The molecule has 430 valence electrons. The molecule has 0 unspecified atom stereocenters. The maximum absolute atomic E-state index is 7.39. The van der Waals surface area contributed by atoms with Crippen molar-refractivity contribution in [3.05, 3.63) is 240 Å². The smallest absolute Gasteiger partial charge is 0.333 e. The summed E-state index contributed by atoms with van der Waals surface area (Å²) in [5, 5.41) is 3.23. The van der Waals surface area contributed by atoms with Crippen LogP contribution in [0.3, 0.4) is 0 Å². The molecule has 2 aliphatic heterocycles. The van der Waals surface area contributed by atoms with Crippen molar-refractivity contribution >= 4 is 96.2 Å². The zero-order valence-electron chi connectivity index (χ0n) is 52.9. The SMILES string of the molecule is CC(C)(C)c1ccc(N2B3c4cc5occc5cc4N(c4ccc(C(C)(C)C)cc4-c4ccccc4)c4c3c(cc3c4oc4ccccc43)-c3cc4c(cc32)C(C)(C)c2ccc(N(c3ccc(C(C)(C)C)cc3)c3ccc(C(C)(C)C)cc3)cc2-4)cc1. The topological polar surface area (TPSA) is 36.0 Å². The summed E-state index contributed by atoms with van der Waals surface area (Å²) in [6, 6.07) is 76.2. The molecule has 0 atom stereocenters. The fraction of sp³-hybridized carbons (Fsp3) is 0.235. The molecule has 5 nitrogen and oxygen atoms in total. The van der Waals surface area contributed by atoms with Crippen LogP contribution in [0.4, 0.5) is 45.5 Å². The number of furan rings is 2. The van der Waals surface area contributed by atoms with Crippen LogP contribution in [0.25, 0.3) is 66.3 Å². The highest BCUT2D eigenvalue weighted by Crippen LogP contribution is 2.58. The zero-order valence-corrected chi connectivity index (χ0v) is 52.9. The third-order valence-electron chi connectivity index (χ3n) is 19.3. The highest BCUT2D eigenvalue weighted by molar-refractivity contribution is 6.94. The standard InChI is InChI=1S/C81H76BN3O2/c1-77(2,3)51-24-31-55(32-25-51)83(56-33-26-52(27-34-56)78(4,5)6)58-37-38-66-61(44-58)62-45-63-64-46-65-59-22-18-19-23-72(59)87-76(65)75-74(64)82(85(70(63)47-67(62)81(66,13)14)57-35-28-53(29-36-57)79(7,8)9)68-48-73-50(40-41-86-73)42-71(68)84(75)69-39-30-54(80(10,11)12)43-60(69)49-20-16-15-17-21-49/h15-48H,1-14H3. The summed E-state index contributed by atoms with van der Waals surface area (Å²) < 4.78 is 13.8. The third-order valence-corrected chi connectivity index (χ3v) is 19.3. The van der Waals surface area contributed by atoms with Gasteiger partial charge in [0.25, 0.3) is 0 Å². The Labute approximate surface area is 514 Å². The highest BCUT2D eigenvalue weighted by Gasteiger charge is 2.49. The number of benzene rings is 10. The lowest BCUT2D eigenvalue weighted by Crippen LogP contribution is -2.61. The minimum Gasteiger partial charge on any atom is -0.464 e. The van der Waals surface area contributed by atoms with Crippen LogP contribution < -0.4 is 25.5 Å². The van der Waals surface area contributed by atoms with Crippen LogP contribution >= 0.6 is 0 Å². The van der Waals surface area contributed by atoms with Gasteiger partial charge in [0.15, 0.2) is 5.58 Å². The molecule has 15 rings (SSSR count). The predicted molar refractivity (Wildman–Crippen MR) is 370 cm³/mol. The molecule has 1 aliphatic carbocycles. The molecule has 0 bridgehead atoms. The largest absolute Gasteiger partial charge is 0.464 e. The van der Waals surface area contributed by atoms with E-state index in [1.807, 2.05) is 6.26 Å². The quantitative estimate of drug-likeness (QED) is 0.155. The van der Waals surface area contributed by atoms with Crippen LogP contribution in [-0.4, -0.2) is 6.85 Å². The van der Waals surface area contributed by atoms with Gasteiger partial charge in [-0.05, 0) is 191 Å². The van der Waals surface area contributed by atoms with Crippen molar-refractivity contribution in [1.82, 2.24) is 0 Å². The minimum absolute atomic E-state index is 0.0239. The van der Waals surface area contributed by atoms with Crippen molar-refractivity contribution in [2.45, 2.75) is 124 Å². The number of fused-ring (bicyclic) bond motifs is 12. The molecular formula is C81H76BN3O2. The van der Waals surface area contributed by atoms with Gasteiger partial charge >= 0.3 is 6.85 Å². The van der Waals surface area contributed by atoms with Gasteiger partial charge in [0.1, 0.15) is 11.2 Å². The first kappa shape index (κ1) is 54.6. The molecule has 0 fully saturated rings. The van der Waals surface area contributed by atoms with Crippen molar-refractivity contribution in [1.29, 1.82) is 0 Å². The van der Waals surface area contributed by atoms with E-state index in [0.29, 0.717) is 0 Å². The van der Waals surface area contributed by atoms with E-state index in [-0.39, 0.29) is 33.9 Å². The molecule has 0 saturated carbocycles. The summed E-state index contributed by atoms with van der Waals surface area (Å²) in [5.74, 6) is 0. The van der Waals surface area contributed by atoms with Gasteiger partial charge in [-0.15, -0.1) is 0 Å². The van der Waals surface area contributed by atoms with Crippen molar-refractivity contribution in [2.24, 2.45) is 0 Å². The Balaban J connectivity index is 1.04. The number of anilines is 8. The Morgan fingerprint density at radius 3 is 1.66 bits per heavy atom. The van der Waals surface area contributed by atoms with Crippen LogP contribution in [-0.2, 0) is 27.1 Å². The van der Waals surface area contributed by atoms with Gasteiger partial charge in [-0.1, -0.05) is 194 Å². The Morgan fingerprint density at radius 1 is 0.425 bits per heavy atom. The Kier molecular flexibility index (Phi) is 11.9. The monoisotopic (exact) mass is 1130 g/mol. The molecule has 10 aromatic carbocycles. The molecule has 0 radical (unpaired) electrons. The molecule has 4 heterocycles. The van der Waals surface area contributed by atoms with E-state index in [4.69, 9.17) is 8.83 Å². The van der Waals surface area contributed by atoms with E-state index in [9.17, 15) is 0 Å². The second kappa shape index (κ2) is 19.0. The van der Waals surface area contributed by atoms with E-state index < -0.39 is 0 Å². The molecule has 2 aromatic heterocycles. The molecule has 0 amide bonds.